The predicted octanol–water partition coefficient (Wildman–Crippen LogP) is 2.54. The van der Waals surface area contributed by atoms with Crippen molar-refractivity contribution in [2.75, 3.05) is 25.9 Å². The van der Waals surface area contributed by atoms with Gasteiger partial charge in [-0.3, -0.25) is 4.90 Å². The smallest absolute Gasteiger partial charge is 0.124 e. The molecular weight excluding hydrogens is 316 g/mol. The number of ether oxygens (including phenoxy) is 1. The van der Waals surface area contributed by atoms with Gasteiger partial charge in [0, 0.05) is 29.1 Å². The van der Waals surface area contributed by atoms with E-state index in [1.54, 1.807) is 24.3 Å². The Kier molecular flexibility index (Phi) is 4.49. The third-order valence-electron chi connectivity index (χ3n) is 4.58. The van der Waals surface area contributed by atoms with E-state index < -0.39 is 0 Å². The predicted molar refractivity (Wildman–Crippen MR) is 101 cm³/mol. The number of nitrogen functional groups attached to an aromatic ring is 1. The van der Waals surface area contributed by atoms with Crippen LogP contribution >= 0.6 is 0 Å². The van der Waals surface area contributed by atoms with E-state index in [9.17, 15) is 5.11 Å². The van der Waals surface area contributed by atoms with Crippen molar-refractivity contribution >= 4 is 17.6 Å². The Morgan fingerprint density at radius 2 is 2.12 bits per heavy atom. The molecule has 6 N–H and O–H groups in total. The number of H-pyrrole nitrogens is 1. The number of phenolic OH excluding ortho intramolecular Hbond substituents is 1. The molecule has 1 aliphatic rings. The third-order valence-corrected chi connectivity index (χ3v) is 4.58. The number of benzene rings is 1. The van der Waals surface area contributed by atoms with E-state index in [2.05, 4.69) is 30.8 Å². The van der Waals surface area contributed by atoms with Crippen molar-refractivity contribution in [3.63, 3.8) is 0 Å². The van der Waals surface area contributed by atoms with Gasteiger partial charge >= 0.3 is 0 Å². The Balaban J connectivity index is 1.86. The quantitative estimate of drug-likeness (QED) is 0.687. The lowest BCUT2D eigenvalue weighted by Crippen LogP contribution is -2.48. The van der Waals surface area contributed by atoms with Gasteiger partial charge in [0.2, 0.25) is 0 Å². The minimum Gasteiger partial charge on any atom is -0.507 e. The molecule has 1 saturated heterocycles. The van der Waals surface area contributed by atoms with E-state index in [-0.39, 0.29) is 17.4 Å². The molecule has 25 heavy (non-hydrogen) atoms. The second-order valence-corrected chi connectivity index (χ2v) is 7.21. The number of rotatable bonds is 3. The highest BCUT2D eigenvalue weighted by atomic mass is 16.5. The Hall–Kier alpha value is -2.44. The number of aromatic hydroxyl groups is 1. The number of likely N-dealkylation sites (N-methyl/N-ethyl adjacent to an activating group) is 1. The van der Waals surface area contributed by atoms with E-state index in [4.69, 9.17) is 16.2 Å². The minimum atomic E-state index is -0.151. The van der Waals surface area contributed by atoms with Crippen molar-refractivity contribution in [1.82, 2.24) is 9.88 Å². The maximum absolute atomic E-state index is 9.94. The van der Waals surface area contributed by atoms with Gasteiger partial charge in [0.05, 0.1) is 18.2 Å². The van der Waals surface area contributed by atoms with E-state index in [0.29, 0.717) is 23.7 Å². The SMILES string of the molecule is CN1CC(C)(C)OCC1c1cc(/C=C(\N)c2ccccc2O)c(N)[nH]1. The van der Waals surface area contributed by atoms with Crippen LogP contribution in [0.15, 0.2) is 30.3 Å². The van der Waals surface area contributed by atoms with Gasteiger partial charge < -0.3 is 26.3 Å². The molecule has 1 aliphatic heterocycles. The molecule has 0 amide bonds. The molecule has 1 atom stereocenters. The summed E-state index contributed by atoms with van der Waals surface area (Å²) in [5, 5.41) is 9.94. The van der Waals surface area contributed by atoms with Crippen molar-refractivity contribution in [3.05, 3.63) is 47.2 Å². The zero-order valence-electron chi connectivity index (χ0n) is 14.9. The minimum absolute atomic E-state index is 0.115. The summed E-state index contributed by atoms with van der Waals surface area (Å²) < 4.78 is 5.94. The molecule has 1 unspecified atom stereocenters. The average Bonchev–Trinajstić information content (AvgIpc) is 2.87. The fourth-order valence-corrected chi connectivity index (χ4v) is 3.29. The topological polar surface area (TPSA) is 101 Å². The highest BCUT2D eigenvalue weighted by molar-refractivity contribution is 5.84. The van der Waals surface area contributed by atoms with Crippen LogP contribution in [0.25, 0.3) is 11.8 Å². The van der Waals surface area contributed by atoms with Crippen molar-refractivity contribution in [3.8, 4) is 5.75 Å². The zero-order valence-corrected chi connectivity index (χ0v) is 14.9. The van der Waals surface area contributed by atoms with Crippen LogP contribution in [0.5, 0.6) is 5.75 Å². The van der Waals surface area contributed by atoms with Gasteiger partial charge in [-0.15, -0.1) is 0 Å². The van der Waals surface area contributed by atoms with Crippen LogP contribution in [0, 0.1) is 0 Å². The number of hydrogen-bond donors (Lipinski definition) is 4. The number of aromatic nitrogens is 1. The van der Waals surface area contributed by atoms with Gasteiger partial charge in [-0.25, -0.2) is 0 Å². The largest absolute Gasteiger partial charge is 0.507 e. The van der Waals surface area contributed by atoms with Crippen molar-refractivity contribution in [2.45, 2.75) is 25.5 Å². The molecule has 1 aromatic carbocycles. The summed E-state index contributed by atoms with van der Waals surface area (Å²) in [6.45, 7) is 5.61. The van der Waals surface area contributed by atoms with Crippen LogP contribution in [0.2, 0.25) is 0 Å². The first kappa shape index (κ1) is 17.4. The summed E-state index contributed by atoms with van der Waals surface area (Å²) in [5.74, 6) is 0.694. The molecule has 6 nitrogen and oxygen atoms in total. The van der Waals surface area contributed by atoms with Gasteiger partial charge in [-0.05, 0) is 45.2 Å². The van der Waals surface area contributed by atoms with Crippen molar-refractivity contribution in [2.24, 2.45) is 5.73 Å². The van der Waals surface area contributed by atoms with Crippen LogP contribution < -0.4 is 11.5 Å². The lowest BCUT2D eigenvalue weighted by atomic mass is 10.0. The zero-order chi connectivity index (χ0) is 18.2. The molecule has 0 radical (unpaired) electrons. The molecule has 1 aromatic heterocycles. The molecule has 0 bridgehead atoms. The first-order valence-electron chi connectivity index (χ1n) is 8.35. The van der Waals surface area contributed by atoms with Crippen LogP contribution in [-0.4, -0.2) is 40.8 Å². The van der Waals surface area contributed by atoms with Gasteiger partial charge in [0.25, 0.3) is 0 Å². The number of aromatic amines is 1. The van der Waals surface area contributed by atoms with E-state index >= 15 is 0 Å². The summed E-state index contributed by atoms with van der Waals surface area (Å²) in [4.78, 5) is 5.50. The second kappa shape index (κ2) is 6.46. The first-order valence-corrected chi connectivity index (χ1v) is 8.35. The number of nitrogens with zero attached hydrogens (tertiary/aromatic N) is 1. The van der Waals surface area contributed by atoms with Crippen molar-refractivity contribution in [1.29, 1.82) is 0 Å². The molecule has 1 fully saturated rings. The Morgan fingerprint density at radius 3 is 2.80 bits per heavy atom. The molecule has 134 valence electrons. The van der Waals surface area contributed by atoms with E-state index in [1.165, 1.54) is 0 Å². The first-order chi connectivity index (χ1) is 11.8. The number of anilines is 1. The fourth-order valence-electron chi connectivity index (χ4n) is 3.29. The third kappa shape index (κ3) is 3.65. The lowest BCUT2D eigenvalue weighted by molar-refractivity contribution is -0.108. The molecule has 2 aromatic rings. The Bertz CT molecular complexity index is 794. The van der Waals surface area contributed by atoms with Gasteiger partial charge in [0.15, 0.2) is 0 Å². The number of para-hydroxylation sites is 1. The summed E-state index contributed by atoms with van der Waals surface area (Å²) in [6.07, 6.45) is 1.78. The van der Waals surface area contributed by atoms with E-state index in [1.807, 2.05) is 12.1 Å². The van der Waals surface area contributed by atoms with Gasteiger partial charge in [-0.1, -0.05) is 12.1 Å². The highest BCUT2D eigenvalue weighted by Gasteiger charge is 2.33. The second-order valence-electron chi connectivity index (χ2n) is 7.21. The number of morpholine rings is 1. The van der Waals surface area contributed by atoms with Crippen LogP contribution in [0.1, 0.15) is 36.7 Å². The molecule has 6 heteroatoms. The van der Waals surface area contributed by atoms with Crippen LogP contribution in [0.3, 0.4) is 0 Å². The highest BCUT2D eigenvalue weighted by Crippen LogP contribution is 2.32. The molecule has 3 rings (SSSR count). The van der Waals surface area contributed by atoms with Crippen LogP contribution in [-0.2, 0) is 4.74 Å². The van der Waals surface area contributed by atoms with Gasteiger partial charge in [-0.2, -0.15) is 0 Å². The fraction of sp³-hybridized carbons (Fsp3) is 0.368. The maximum Gasteiger partial charge on any atom is 0.124 e. The summed E-state index contributed by atoms with van der Waals surface area (Å²) in [6, 6.07) is 9.08. The molecule has 0 saturated carbocycles. The van der Waals surface area contributed by atoms with Crippen molar-refractivity contribution < 1.29 is 9.84 Å². The Labute approximate surface area is 148 Å². The number of nitrogens with one attached hydrogen (secondary N) is 1. The molecule has 2 heterocycles. The number of nitrogens with two attached hydrogens (primary N) is 2. The summed E-state index contributed by atoms with van der Waals surface area (Å²) in [5.41, 5.74) is 15.0. The molecule has 0 spiro atoms. The normalized spacial score (nSPS) is 21.4. The number of hydrogen-bond acceptors (Lipinski definition) is 5. The maximum atomic E-state index is 9.94. The molecular formula is C19H26N4O2. The lowest BCUT2D eigenvalue weighted by Gasteiger charge is -2.41. The summed E-state index contributed by atoms with van der Waals surface area (Å²) >= 11 is 0. The molecule has 0 aliphatic carbocycles. The Morgan fingerprint density at radius 1 is 1.40 bits per heavy atom. The standard InChI is InChI=1S/C19H26N4O2/c1-19(2)11-23(3)16(10-25-19)15-9-12(18(21)22-15)8-14(20)13-6-4-5-7-17(13)24/h4-9,16,22,24H,10-11,20-21H2,1-3H3/b14-8-. The monoisotopic (exact) mass is 342 g/mol. The van der Waals surface area contributed by atoms with E-state index in [0.717, 1.165) is 17.8 Å². The number of phenols is 1. The van der Waals surface area contributed by atoms with Gasteiger partial charge in [0.1, 0.15) is 11.6 Å². The van der Waals surface area contributed by atoms with Crippen LogP contribution in [0.4, 0.5) is 5.82 Å². The average molecular weight is 342 g/mol. The summed E-state index contributed by atoms with van der Waals surface area (Å²) in [7, 11) is 2.08.